The molecule has 246 valence electrons. The average Bonchev–Trinajstić information content (AvgIpc) is 2.99. The zero-order chi connectivity index (χ0) is 30.4. The molecule has 1 aromatic heterocycles. The van der Waals surface area contributed by atoms with Crippen LogP contribution in [0.25, 0.3) is 0 Å². The number of rotatable bonds is 32. The van der Waals surface area contributed by atoms with Crippen LogP contribution in [0.15, 0.2) is 24.5 Å². The maximum atomic E-state index is 13.6. The third-order valence-electron chi connectivity index (χ3n) is 8.52. The molecule has 0 radical (unpaired) electrons. The van der Waals surface area contributed by atoms with Gasteiger partial charge in [0, 0.05) is 12.1 Å². The van der Waals surface area contributed by atoms with Gasteiger partial charge in [-0.2, -0.15) is 0 Å². The van der Waals surface area contributed by atoms with E-state index in [1.807, 2.05) is 11.6 Å². The second-order valence-corrected chi connectivity index (χ2v) is 14.9. The summed E-state index contributed by atoms with van der Waals surface area (Å²) < 4.78 is 27.7. The summed E-state index contributed by atoms with van der Waals surface area (Å²) in [7, 11) is -1.00. The molecule has 0 bridgehead atoms. The zero-order valence-electron chi connectivity index (χ0n) is 28.4. The van der Waals surface area contributed by atoms with Gasteiger partial charge in [0.1, 0.15) is 7.05 Å². The minimum Gasteiger partial charge on any atom is -0.309 e. The van der Waals surface area contributed by atoms with Crippen molar-refractivity contribution in [1.29, 1.82) is 0 Å². The molecular weight excluding hydrogens is 537 g/mol. The van der Waals surface area contributed by atoms with Crippen LogP contribution in [0.3, 0.4) is 0 Å². The molecular formula is C37H71NO3P+. The van der Waals surface area contributed by atoms with Crippen molar-refractivity contribution in [2.45, 2.75) is 181 Å². The molecule has 1 heterocycles. The maximum Gasteiger partial charge on any atom is 0.330 e. The van der Waals surface area contributed by atoms with Crippen LogP contribution in [0.1, 0.15) is 180 Å². The first-order valence-corrected chi connectivity index (χ1v) is 20.1. The summed E-state index contributed by atoms with van der Waals surface area (Å²) >= 11 is 0. The minimum absolute atomic E-state index is 0.518. The number of aryl methyl sites for hydroxylation is 2. The Balaban J connectivity index is 2.20. The van der Waals surface area contributed by atoms with Crippen molar-refractivity contribution in [3.63, 3.8) is 0 Å². The molecule has 0 amide bonds. The third-order valence-corrected chi connectivity index (χ3v) is 10.5. The van der Waals surface area contributed by atoms with E-state index < -0.39 is 7.60 Å². The monoisotopic (exact) mass is 609 g/mol. The van der Waals surface area contributed by atoms with E-state index in [1.54, 1.807) is 0 Å². The molecule has 0 saturated heterocycles. The Kier molecular flexibility index (Phi) is 27.2. The van der Waals surface area contributed by atoms with Crippen molar-refractivity contribution in [2.24, 2.45) is 7.05 Å². The summed E-state index contributed by atoms with van der Waals surface area (Å²) in [6.45, 7) is 5.69. The van der Waals surface area contributed by atoms with Crippen LogP contribution >= 0.6 is 7.60 Å². The molecule has 0 fully saturated rings. The van der Waals surface area contributed by atoms with Crippen LogP contribution in [0.2, 0.25) is 0 Å². The van der Waals surface area contributed by atoms with Crippen molar-refractivity contribution in [1.82, 2.24) is 0 Å². The van der Waals surface area contributed by atoms with Gasteiger partial charge in [0.2, 0.25) is 0 Å². The Bertz CT molecular complexity index is 705. The van der Waals surface area contributed by atoms with Crippen molar-refractivity contribution >= 4 is 7.60 Å². The van der Waals surface area contributed by atoms with E-state index in [2.05, 4.69) is 38.4 Å². The fourth-order valence-corrected chi connectivity index (χ4v) is 7.33. The quantitative estimate of drug-likeness (QED) is 0.0464. The van der Waals surface area contributed by atoms with Crippen LogP contribution in [-0.4, -0.2) is 19.4 Å². The Morgan fingerprint density at radius 3 is 1.21 bits per heavy atom. The molecule has 0 aliphatic rings. The van der Waals surface area contributed by atoms with Crippen molar-refractivity contribution in [3.05, 3.63) is 30.1 Å². The number of hydrogen-bond acceptors (Lipinski definition) is 3. The van der Waals surface area contributed by atoms with E-state index in [1.165, 1.54) is 134 Å². The molecule has 0 atom stereocenters. The van der Waals surface area contributed by atoms with E-state index in [-0.39, 0.29) is 0 Å². The summed E-state index contributed by atoms with van der Waals surface area (Å²) in [5, 5.41) is 0. The molecule has 0 aliphatic heterocycles. The molecule has 1 rings (SSSR count). The Morgan fingerprint density at radius 2 is 0.857 bits per heavy atom. The SMILES string of the molecule is CCCCCCCCCCCCCCOP(=O)(CCCc1cc[n+](C)cc1)OCCCCCCCCCCCCCC. The molecule has 0 unspecified atom stereocenters. The lowest BCUT2D eigenvalue weighted by Crippen LogP contribution is -2.25. The first-order chi connectivity index (χ1) is 20.6. The summed E-state index contributed by atoms with van der Waals surface area (Å²) in [6, 6.07) is 4.29. The number of pyridine rings is 1. The van der Waals surface area contributed by atoms with Crippen molar-refractivity contribution in [3.8, 4) is 0 Å². The fraction of sp³-hybridized carbons (Fsp3) is 0.865. The number of aromatic nitrogens is 1. The van der Waals surface area contributed by atoms with E-state index in [0.717, 1.165) is 38.5 Å². The van der Waals surface area contributed by atoms with Gasteiger partial charge in [0.05, 0.1) is 19.4 Å². The van der Waals surface area contributed by atoms with Crippen molar-refractivity contribution in [2.75, 3.05) is 19.4 Å². The minimum atomic E-state index is -3.04. The molecule has 0 spiro atoms. The lowest BCUT2D eigenvalue weighted by Gasteiger charge is -2.19. The van der Waals surface area contributed by atoms with Crippen LogP contribution in [0.4, 0.5) is 0 Å². The van der Waals surface area contributed by atoms with Crippen LogP contribution in [0, 0.1) is 0 Å². The Morgan fingerprint density at radius 1 is 0.524 bits per heavy atom. The standard InChI is InChI=1S/C37H71NO3P/c1-4-6-8-10-12-14-16-18-20-22-24-26-34-40-42(39,36-28-29-37-30-32-38(3)33-31-37)41-35-27-25-23-21-19-17-15-13-11-9-7-5-2/h30-33H,4-29,34-36H2,1-3H3/q+1. The second-order valence-electron chi connectivity index (χ2n) is 12.8. The van der Waals surface area contributed by atoms with Gasteiger partial charge >= 0.3 is 7.60 Å². The number of nitrogens with zero attached hydrogens (tertiary/aromatic N) is 1. The molecule has 1 aromatic rings. The van der Waals surface area contributed by atoms with Crippen LogP contribution in [-0.2, 0) is 27.1 Å². The molecule has 4 nitrogen and oxygen atoms in total. The van der Waals surface area contributed by atoms with Crippen LogP contribution in [0.5, 0.6) is 0 Å². The molecule has 0 saturated carbocycles. The third kappa shape index (κ3) is 24.7. The lowest BCUT2D eigenvalue weighted by molar-refractivity contribution is -0.671. The maximum absolute atomic E-state index is 13.6. The lowest BCUT2D eigenvalue weighted by atomic mass is 10.1. The average molecular weight is 609 g/mol. The normalized spacial score (nSPS) is 11.9. The predicted octanol–water partition coefficient (Wildman–Crippen LogP) is 12.1. The first-order valence-electron chi connectivity index (χ1n) is 18.4. The molecule has 0 aliphatic carbocycles. The first kappa shape index (κ1) is 39.3. The number of hydrogen-bond donors (Lipinski definition) is 0. The summed E-state index contributed by atoms with van der Waals surface area (Å²) in [5.74, 6) is 0. The molecule has 0 aromatic carbocycles. The molecule has 42 heavy (non-hydrogen) atoms. The highest BCUT2D eigenvalue weighted by Gasteiger charge is 2.24. The van der Waals surface area contributed by atoms with E-state index >= 15 is 0 Å². The van der Waals surface area contributed by atoms with Gasteiger partial charge in [-0.25, -0.2) is 4.57 Å². The second kappa shape index (κ2) is 29.0. The van der Waals surface area contributed by atoms with E-state index in [4.69, 9.17) is 9.05 Å². The fourth-order valence-electron chi connectivity index (χ4n) is 5.64. The largest absolute Gasteiger partial charge is 0.330 e. The topological polar surface area (TPSA) is 39.4 Å². The van der Waals surface area contributed by atoms with Gasteiger partial charge in [-0.15, -0.1) is 0 Å². The number of unbranched alkanes of at least 4 members (excludes halogenated alkanes) is 22. The summed E-state index contributed by atoms with van der Waals surface area (Å²) in [6.07, 6.45) is 38.0. The molecule has 0 N–H and O–H groups in total. The van der Waals surface area contributed by atoms with Crippen molar-refractivity contribution < 1.29 is 18.2 Å². The van der Waals surface area contributed by atoms with Crippen LogP contribution < -0.4 is 4.57 Å². The van der Waals surface area contributed by atoms with Gasteiger partial charge < -0.3 is 9.05 Å². The smallest absolute Gasteiger partial charge is 0.309 e. The highest BCUT2D eigenvalue weighted by molar-refractivity contribution is 7.53. The predicted molar refractivity (Wildman–Crippen MR) is 182 cm³/mol. The van der Waals surface area contributed by atoms with E-state index in [0.29, 0.717) is 19.4 Å². The highest BCUT2D eigenvalue weighted by Crippen LogP contribution is 2.49. The summed E-state index contributed by atoms with van der Waals surface area (Å²) in [4.78, 5) is 0. The summed E-state index contributed by atoms with van der Waals surface area (Å²) in [5.41, 5.74) is 1.28. The van der Waals surface area contributed by atoms with Gasteiger partial charge in [-0.3, -0.25) is 4.57 Å². The van der Waals surface area contributed by atoms with Gasteiger partial charge in [0.15, 0.2) is 12.4 Å². The van der Waals surface area contributed by atoms with Gasteiger partial charge in [0.25, 0.3) is 0 Å². The van der Waals surface area contributed by atoms with E-state index in [9.17, 15) is 4.57 Å². The van der Waals surface area contributed by atoms with Gasteiger partial charge in [-0.1, -0.05) is 155 Å². The highest BCUT2D eigenvalue weighted by atomic mass is 31.2. The zero-order valence-corrected chi connectivity index (χ0v) is 29.3. The molecule has 5 heteroatoms. The Hall–Kier alpha value is -0.700. The van der Waals surface area contributed by atoms with Gasteiger partial charge in [-0.05, 0) is 31.2 Å². The Labute approximate surface area is 262 Å².